The summed E-state index contributed by atoms with van der Waals surface area (Å²) in [4.78, 5) is 23.0. The molecule has 0 aromatic heterocycles. The smallest absolute Gasteiger partial charge is 0.313 e. The van der Waals surface area contributed by atoms with E-state index < -0.39 is 5.97 Å². The molecule has 116 valence electrons. The second kappa shape index (κ2) is 10.8. The molecule has 0 heterocycles. The Hall–Kier alpha value is -0.850. The molecule has 1 aromatic carbocycles. The van der Waals surface area contributed by atoms with E-state index in [0.717, 1.165) is 22.1 Å². The molecule has 0 unspecified atom stereocenters. The van der Waals surface area contributed by atoms with Gasteiger partial charge in [-0.3, -0.25) is 9.59 Å². The second-order valence-corrected chi connectivity index (χ2v) is 6.91. The van der Waals surface area contributed by atoms with Gasteiger partial charge in [-0.2, -0.15) is 0 Å². The van der Waals surface area contributed by atoms with Crippen molar-refractivity contribution in [3.63, 3.8) is 0 Å². The van der Waals surface area contributed by atoms with E-state index in [-0.39, 0.29) is 11.7 Å². The Labute approximate surface area is 138 Å². The van der Waals surface area contributed by atoms with Gasteiger partial charge in [0.05, 0.1) is 5.75 Å². The van der Waals surface area contributed by atoms with Crippen LogP contribution in [0.3, 0.4) is 0 Å². The lowest BCUT2D eigenvalue weighted by Gasteiger charge is -2.05. The number of carboxylic acids is 1. The minimum atomic E-state index is -0.828. The fraction of sp³-hybridized carbons (Fsp3) is 0.429. The third kappa shape index (κ3) is 9.66. The zero-order valence-electron chi connectivity index (χ0n) is 11.5. The average molecular weight is 348 g/mol. The van der Waals surface area contributed by atoms with Crippen LogP contribution in [0.1, 0.15) is 12.8 Å². The third-order valence-electron chi connectivity index (χ3n) is 2.42. The number of nitrogens with one attached hydrogen (secondary N) is 1. The van der Waals surface area contributed by atoms with E-state index in [2.05, 4.69) is 5.32 Å². The molecule has 0 aliphatic heterocycles. The monoisotopic (exact) mass is 347 g/mol. The number of carbonyl (C=O) groups is 2. The Bertz CT molecular complexity index is 454. The summed E-state index contributed by atoms with van der Waals surface area (Å²) >= 11 is 8.81. The fourth-order valence-electron chi connectivity index (χ4n) is 1.46. The lowest BCUT2D eigenvalue weighted by Crippen LogP contribution is -2.25. The Kier molecular flexibility index (Phi) is 9.37. The first kappa shape index (κ1) is 18.2. The number of aliphatic carboxylic acids is 1. The predicted octanol–water partition coefficient (Wildman–Crippen LogP) is 3.15. The maximum Gasteiger partial charge on any atom is 0.313 e. The van der Waals surface area contributed by atoms with Gasteiger partial charge in [-0.25, -0.2) is 0 Å². The Morgan fingerprint density at radius 1 is 1.19 bits per heavy atom. The first-order valence-electron chi connectivity index (χ1n) is 6.52. The minimum absolute atomic E-state index is 0.0163. The lowest BCUT2D eigenvalue weighted by atomic mass is 10.3. The van der Waals surface area contributed by atoms with Gasteiger partial charge in [-0.1, -0.05) is 11.6 Å². The highest BCUT2D eigenvalue weighted by atomic mass is 35.5. The molecule has 0 aliphatic carbocycles. The second-order valence-electron chi connectivity index (χ2n) is 4.20. The van der Waals surface area contributed by atoms with Crippen LogP contribution in [0.25, 0.3) is 0 Å². The molecule has 0 bridgehead atoms. The van der Waals surface area contributed by atoms with Crippen molar-refractivity contribution in [2.75, 3.05) is 23.8 Å². The molecule has 1 amide bonds. The fourth-order valence-corrected chi connectivity index (χ4v) is 3.01. The summed E-state index contributed by atoms with van der Waals surface area (Å²) in [5.41, 5.74) is 0. The first-order chi connectivity index (χ1) is 10.1. The van der Waals surface area contributed by atoms with Gasteiger partial charge in [0.15, 0.2) is 0 Å². The van der Waals surface area contributed by atoms with Crippen molar-refractivity contribution < 1.29 is 14.7 Å². The molecule has 1 aromatic rings. The highest BCUT2D eigenvalue weighted by Crippen LogP contribution is 2.21. The van der Waals surface area contributed by atoms with Crippen LogP contribution in [0.15, 0.2) is 29.2 Å². The van der Waals surface area contributed by atoms with Crippen molar-refractivity contribution in [1.82, 2.24) is 5.32 Å². The Morgan fingerprint density at radius 2 is 1.90 bits per heavy atom. The van der Waals surface area contributed by atoms with Gasteiger partial charge in [-0.05, 0) is 36.4 Å². The SMILES string of the molecule is O=C(O)CSCCNC(=O)CCCSc1ccc(Cl)cc1. The van der Waals surface area contributed by atoms with Crippen molar-refractivity contribution >= 4 is 47.0 Å². The van der Waals surface area contributed by atoms with Crippen LogP contribution in [0.5, 0.6) is 0 Å². The van der Waals surface area contributed by atoms with E-state index in [1.165, 1.54) is 11.8 Å². The number of halogens is 1. The summed E-state index contributed by atoms with van der Waals surface area (Å²) in [6, 6.07) is 7.64. The molecule has 0 saturated carbocycles. The number of hydrogen-bond donors (Lipinski definition) is 2. The van der Waals surface area contributed by atoms with Crippen molar-refractivity contribution in [2.45, 2.75) is 17.7 Å². The quantitative estimate of drug-likeness (QED) is 0.502. The maximum atomic E-state index is 11.5. The number of rotatable bonds is 10. The van der Waals surface area contributed by atoms with Crippen LogP contribution in [-0.2, 0) is 9.59 Å². The Balaban J connectivity index is 2.00. The predicted molar refractivity (Wildman–Crippen MR) is 89.4 cm³/mol. The van der Waals surface area contributed by atoms with Gasteiger partial charge in [0, 0.05) is 28.6 Å². The van der Waals surface area contributed by atoms with Crippen LogP contribution in [-0.4, -0.2) is 40.8 Å². The lowest BCUT2D eigenvalue weighted by molar-refractivity contribution is -0.133. The largest absolute Gasteiger partial charge is 0.481 e. The zero-order valence-corrected chi connectivity index (χ0v) is 13.9. The molecule has 21 heavy (non-hydrogen) atoms. The molecule has 0 spiro atoms. The first-order valence-corrected chi connectivity index (χ1v) is 9.04. The van der Waals surface area contributed by atoms with Gasteiger partial charge in [-0.15, -0.1) is 23.5 Å². The van der Waals surface area contributed by atoms with Crippen molar-refractivity contribution in [3.8, 4) is 0 Å². The highest BCUT2D eigenvalue weighted by Gasteiger charge is 2.02. The number of thioether (sulfide) groups is 2. The molecular weight excluding hydrogens is 330 g/mol. The number of amides is 1. The third-order valence-corrected chi connectivity index (χ3v) is 4.72. The van der Waals surface area contributed by atoms with E-state index in [1.807, 2.05) is 24.3 Å². The topological polar surface area (TPSA) is 66.4 Å². The molecule has 7 heteroatoms. The van der Waals surface area contributed by atoms with Crippen LogP contribution in [0, 0.1) is 0 Å². The molecule has 4 nitrogen and oxygen atoms in total. The maximum absolute atomic E-state index is 11.5. The number of carbonyl (C=O) groups excluding carboxylic acids is 1. The Morgan fingerprint density at radius 3 is 2.57 bits per heavy atom. The van der Waals surface area contributed by atoms with Crippen molar-refractivity contribution in [3.05, 3.63) is 29.3 Å². The zero-order chi connectivity index (χ0) is 15.5. The normalized spacial score (nSPS) is 10.3. The van der Waals surface area contributed by atoms with E-state index >= 15 is 0 Å². The number of benzene rings is 1. The molecule has 1 rings (SSSR count). The van der Waals surface area contributed by atoms with Gasteiger partial charge in [0.1, 0.15) is 0 Å². The van der Waals surface area contributed by atoms with E-state index in [4.69, 9.17) is 16.7 Å². The van der Waals surface area contributed by atoms with Gasteiger partial charge in [0.25, 0.3) is 0 Å². The van der Waals surface area contributed by atoms with Gasteiger partial charge < -0.3 is 10.4 Å². The van der Waals surface area contributed by atoms with Crippen molar-refractivity contribution in [1.29, 1.82) is 0 Å². The molecule has 0 radical (unpaired) electrons. The van der Waals surface area contributed by atoms with Crippen LogP contribution in [0.4, 0.5) is 0 Å². The summed E-state index contributed by atoms with van der Waals surface area (Å²) in [7, 11) is 0. The molecule has 0 aliphatic rings. The number of hydrogen-bond acceptors (Lipinski definition) is 4. The summed E-state index contributed by atoms with van der Waals surface area (Å²) in [5.74, 6) is 0.765. The molecule has 0 atom stereocenters. The highest BCUT2D eigenvalue weighted by molar-refractivity contribution is 8.00. The standard InChI is InChI=1S/C14H18ClNO3S2/c15-11-3-5-12(6-4-11)21-8-1-2-13(17)16-7-9-20-10-14(18)19/h3-6H,1-2,7-10H2,(H,16,17)(H,18,19). The molecule has 0 saturated heterocycles. The van der Waals surface area contributed by atoms with Crippen molar-refractivity contribution in [2.24, 2.45) is 0 Å². The molecule has 2 N–H and O–H groups in total. The minimum Gasteiger partial charge on any atom is -0.481 e. The van der Waals surface area contributed by atoms with Crippen LogP contribution in [0.2, 0.25) is 5.02 Å². The average Bonchev–Trinajstić information content (AvgIpc) is 2.45. The van der Waals surface area contributed by atoms with Gasteiger partial charge >= 0.3 is 5.97 Å². The van der Waals surface area contributed by atoms with Gasteiger partial charge in [0.2, 0.25) is 5.91 Å². The van der Waals surface area contributed by atoms with E-state index in [0.29, 0.717) is 18.7 Å². The molecular formula is C14H18ClNO3S2. The summed E-state index contributed by atoms with van der Waals surface area (Å²) in [6.45, 7) is 0.515. The van der Waals surface area contributed by atoms with Crippen LogP contribution >= 0.6 is 35.1 Å². The summed E-state index contributed by atoms with van der Waals surface area (Å²) in [5, 5.41) is 12.0. The van der Waals surface area contributed by atoms with E-state index in [9.17, 15) is 9.59 Å². The number of carboxylic acid groups (broad SMARTS) is 1. The van der Waals surface area contributed by atoms with Crippen LogP contribution < -0.4 is 5.32 Å². The van der Waals surface area contributed by atoms with E-state index in [1.54, 1.807) is 11.8 Å². The summed E-state index contributed by atoms with van der Waals surface area (Å²) < 4.78 is 0. The molecule has 0 fully saturated rings. The summed E-state index contributed by atoms with van der Waals surface area (Å²) in [6.07, 6.45) is 1.30.